The first-order valence-corrected chi connectivity index (χ1v) is 11.1. The number of amides is 1. The number of hydrogen-bond donors (Lipinski definition) is 1. The van der Waals surface area contributed by atoms with Crippen molar-refractivity contribution in [2.45, 2.75) is 37.3 Å². The van der Waals surface area contributed by atoms with Gasteiger partial charge >= 0.3 is 6.61 Å². The molecule has 0 unspecified atom stereocenters. The van der Waals surface area contributed by atoms with Gasteiger partial charge in [-0.25, -0.2) is 8.42 Å². The lowest BCUT2D eigenvalue weighted by molar-refractivity contribution is -0.0504. The maximum atomic E-state index is 12.9. The van der Waals surface area contributed by atoms with E-state index in [2.05, 4.69) is 10.1 Å². The van der Waals surface area contributed by atoms with Crippen LogP contribution in [0.4, 0.5) is 8.78 Å². The fraction of sp³-hybridized carbons (Fsp3) is 0.389. The molecule has 2 aromatic rings. The summed E-state index contributed by atoms with van der Waals surface area (Å²) in [4.78, 5) is 12.7. The summed E-state index contributed by atoms with van der Waals surface area (Å²) in [5.74, 6) is -0.609. The minimum absolute atomic E-state index is 0.0194. The van der Waals surface area contributed by atoms with Crippen molar-refractivity contribution in [3.05, 3.63) is 46.2 Å². The fourth-order valence-corrected chi connectivity index (χ4v) is 5.86. The number of nitrogens with one attached hydrogen (secondary N) is 1. The fourth-order valence-electron chi connectivity index (χ4n) is 3.03. The minimum atomic E-state index is -3.74. The lowest BCUT2D eigenvalue weighted by Crippen LogP contribution is -2.36. The molecular formula is C18H20F2N2O4S2. The van der Waals surface area contributed by atoms with Gasteiger partial charge in [-0.2, -0.15) is 13.1 Å². The molecule has 0 bridgehead atoms. The number of para-hydroxylation sites is 1. The number of alkyl halides is 2. The highest BCUT2D eigenvalue weighted by molar-refractivity contribution is 7.89. The summed E-state index contributed by atoms with van der Waals surface area (Å²) >= 11 is 1.03. The molecule has 6 nitrogen and oxygen atoms in total. The summed E-state index contributed by atoms with van der Waals surface area (Å²) in [7, 11) is -3.74. The predicted octanol–water partition coefficient (Wildman–Crippen LogP) is 3.45. The highest BCUT2D eigenvalue weighted by Crippen LogP contribution is 2.27. The highest BCUT2D eigenvalue weighted by atomic mass is 32.2. The van der Waals surface area contributed by atoms with Gasteiger partial charge in [0.25, 0.3) is 5.91 Å². The van der Waals surface area contributed by atoms with Crippen LogP contribution >= 0.6 is 11.3 Å². The Morgan fingerprint density at radius 1 is 1.18 bits per heavy atom. The zero-order chi connectivity index (χ0) is 20.1. The Hall–Kier alpha value is -2.04. The van der Waals surface area contributed by atoms with Crippen LogP contribution in [0.5, 0.6) is 5.75 Å². The van der Waals surface area contributed by atoms with Crippen LogP contribution in [0, 0.1) is 0 Å². The van der Waals surface area contributed by atoms with E-state index in [1.54, 1.807) is 23.6 Å². The molecule has 28 heavy (non-hydrogen) atoms. The highest BCUT2D eigenvalue weighted by Gasteiger charge is 2.31. The lowest BCUT2D eigenvalue weighted by atomic mass is 10.2. The standard InChI is InChI=1S/C18H20F2N2O4S2/c19-18(20)26-14-7-3-2-6-13(14)12-21-17(23)16-15(8-11-27-16)28(24,25)22-9-4-1-5-10-22/h2-3,6-8,11,18H,1,4-5,9-10,12H2,(H,21,23). The van der Waals surface area contributed by atoms with Gasteiger partial charge in [-0.1, -0.05) is 24.6 Å². The molecule has 0 radical (unpaired) electrons. The van der Waals surface area contributed by atoms with Gasteiger partial charge in [-0.3, -0.25) is 4.79 Å². The smallest absolute Gasteiger partial charge is 0.387 e. The second-order valence-electron chi connectivity index (χ2n) is 6.25. The summed E-state index contributed by atoms with van der Waals surface area (Å²) in [5.41, 5.74) is 0.369. The van der Waals surface area contributed by atoms with Gasteiger partial charge in [0.2, 0.25) is 10.0 Å². The van der Waals surface area contributed by atoms with Crippen molar-refractivity contribution in [3.8, 4) is 5.75 Å². The number of nitrogens with zero attached hydrogens (tertiary/aromatic N) is 1. The van der Waals surface area contributed by atoms with E-state index in [1.807, 2.05) is 0 Å². The molecule has 1 aromatic heterocycles. The van der Waals surface area contributed by atoms with E-state index in [-0.39, 0.29) is 22.1 Å². The predicted molar refractivity (Wildman–Crippen MR) is 101 cm³/mol. The zero-order valence-electron chi connectivity index (χ0n) is 14.9. The summed E-state index contributed by atoms with van der Waals surface area (Å²) < 4.78 is 56.6. The Balaban J connectivity index is 1.74. The van der Waals surface area contributed by atoms with Crippen molar-refractivity contribution in [2.75, 3.05) is 13.1 Å². The van der Waals surface area contributed by atoms with E-state index < -0.39 is 22.5 Å². The Morgan fingerprint density at radius 2 is 1.89 bits per heavy atom. The summed E-state index contributed by atoms with van der Waals surface area (Å²) in [6.45, 7) is -2.16. The van der Waals surface area contributed by atoms with Crippen molar-refractivity contribution in [2.24, 2.45) is 0 Å². The van der Waals surface area contributed by atoms with Crippen LogP contribution in [0.1, 0.15) is 34.5 Å². The van der Waals surface area contributed by atoms with Crippen LogP contribution in [-0.4, -0.2) is 38.3 Å². The van der Waals surface area contributed by atoms with E-state index in [0.717, 1.165) is 30.6 Å². The SMILES string of the molecule is O=C(NCc1ccccc1OC(F)F)c1sccc1S(=O)(=O)N1CCCCC1. The van der Waals surface area contributed by atoms with Crippen LogP contribution in [-0.2, 0) is 16.6 Å². The normalized spacial score (nSPS) is 15.5. The quantitative estimate of drug-likeness (QED) is 0.730. The third-order valence-electron chi connectivity index (χ3n) is 4.40. The van der Waals surface area contributed by atoms with Crippen molar-refractivity contribution in [3.63, 3.8) is 0 Å². The first-order valence-electron chi connectivity index (χ1n) is 8.78. The van der Waals surface area contributed by atoms with Crippen LogP contribution in [0.2, 0.25) is 0 Å². The van der Waals surface area contributed by atoms with Crippen molar-refractivity contribution >= 4 is 27.3 Å². The summed E-state index contributed by atoms with van der Waals surface area (Å²) in [6, 6.07) is 7.54. The number of piperidine rings is 1. The number of hydrogen-bond acceptors (Lipinski definition) is 5. The zero-order valence-corrected chi connectivity index (χ0v) is 16.6. The number of rotatable bonds is 7. The first kappa shape index (κ1) is 20.7. The van der Waals surface area contributed by atoms with Crippen LogP contribution in [0.15, 0.2) is 40.6 Å². The maximum absolute atomic E-state index is 12.9. The third kappa shape index (κ3) is 4.68. The third-order valence-corrected chi connectivity index (χ3v) is 7.38. The van der Waals surface area contributed by atoms with Gasteiger partial charge in [-0.05, 0) is 30.4 Å². The maximum Gasteiger partial charge on any atom is 0.387 e. The molecule has 0 atom stereocenters. The molecule has 1 amide bonds. The Labute approximate surface area is 166 Å². The number of thiophene rings is 1. The van der Waals surface area contributed by atoms with E-state index in [0.29, 0.717) is 18.7 Å². The van der Waals surface area contributed by atoms with E-state index >= 15 is 0 Å². The second kappa shape index (κ2) is 8.97. The number of carbonyl (C=O) groups excluding carboxylic acids is 1. The molecule has 0 spiro atoms. The molecule has 1 N–H and O–H groups in total. The number of carbonyl (C=O) groups is 1. The molecule has 1 saturated heterocycles. The topological polar surface area (TPSA) is 75.7 Å². The van der Waals surface area contributed by atoms with Gasteiger partial charge in [0.1, 0.15) is 15.5 Å². The second-order valence-corrected chi connectivity index (χ2v) is 9.07. The van der Waals surface area contributed by atoms with Gasteiger partial charge in [-0.15, -0.1) is 11.3 Å². The number of benzene rings is 1. The molecule has 0 aliphatic carbocycles. The van der Waals surface area contributed by atoms with Gasteiger partial charge < -0.3 is 10.1 Å². The van der Waals surface area contributed by atoms with Crippen LogP contribution < -0.4 is 10.1 Å². The van der Waals surface area contributed by atoms with E-state index in [9.17, 15) is 22.0 Å². The monoisotopic (exact) mass is 430 g/mol. The average Bonchev–Trinajstić information content (AvgIpc) is 3.18. The van der Waals surface area contributed by atoms with E-state index in [4.69, 9.17) is 0 Å². The lowest BCUT2D eigenvalue weighted by Gasteiger charge is -2.25. The summed E-state index contributed by atoms with van der Waals surface area (Å²) in [6.07, 6.45) is 2.58. The number of halogens is 2. The van der Waals surface area contributed by atoms with Gasteiger partial charge in [0.15, 0.2) is 0 Å². The molecule has 1 fully saturated rings. The van der Waals surface area contributed by atoms with Crippen molar-refractivity contribution in [1.82, 2.24) is 9.62 Å². The molecule has 1 aromatic carbocycles. The minimum Gasteiger partial charge on any atom is -0.434 e. The average molecular weight is 430 g/mol. The van der Waals surface area contributed by atoms with Crippen molar-refractivity contribution in [1.29, 1.82) is 0 Å². The molecule has 152 valence electrons. The molecule has 1 aliphatic rings. The largest absolute Gasteiger partial charge is 0.434 e. The van der Waals surface area contributed by atoms with Gasteiger partial charge in [0.05, 0.1) is 0 Å². The molecule has 2 heterocycles. The molecule has 1 aliphatic heterocycles. The molecular weight excluding hydrogens is 410 g/mol. The Morgan fingerprint density at radius 3 is 2.61 bits per heavy atom. The van der Waals surface area contributed by atoms with E-state index in [1.165, 1.54) is 16.4 Å². The number of ether oxygens (including phenoxy) is 1. The van der Waals surface area contributed by atoms with Gasteiger partial charge in [0, 0.05) is 25.2 Å². The number of sulfonamides is 1. The van der Waals surface area contributed by atoms with Crippen LogP contribution in [0.25, 0.3) is 0 Å². The molecule has 0 saturated carbocycles. The molecule has 10 heteroatoms. The Bertz CT molecular complexity index is 925. The Kier molecular flexibility index (Phi) is 6.63. The summed E-state index contributed by atoms with van der Waals surface area (Å²) in [5, 5.41) is 4.15. The first-order chi connectivity index (χ1) is 13.4. The van der Waals surface area contributed by atoms with Crippen LogP contribution in [0.3, 0.4) is 0 Å². The molecule has 3 rings (SSSR count). The van der Waals surface area contributed by atoms with Crippen molar-refractivity contribution < 1.29 is 26.7 Å².